The maximum Gasteiger partial charge on any atom is 0.274 e. The van der Waals surface area contributed by atoms with Gasteiger partial charge < -0.3 is 11.1 Å². The summed E-state index contributed by atoms with van der Waals surface area (Å²) in [5, 5.41) is 2.32. The fraction of sp³-hybridized carbons (Fsp3) is 0.0667. The highest BCUT2D eigenvalue weighted by Crippen LogP contribution is 2.15. The van der Waals surface area contributed by atoms with E-state index in [1.807, 2.05) is 0 Å². The molecule has 1 aromatic heterocycles. The van der Waals surface area contributed by atoms with E-state index in [9.17, 15) is 13.6 Å². The maximum atomic E-state index is 13.4. The van der Waals surface area contributed by atoms with Crippen molar-refractivity contribution in [2.45, 2.75) is 0 Å². The van der Waals surface area contributed by atoms with Crippen LogP contribution in [0.1, 0.15) is 16.1 Å². The first kappa shape index (κ1) is 14.6. The molecule has 0 spiro atoms. The third-order valence-corrected chi connectivity index (χ3v) is 2.51. The lowest BCUT2D eigenvalue weighted by molar-refractivity contribution is 0.102. The Bertz CT molecular complexity index is 718. The zero-order valence-electron chi connectivity index (χ0n) is 10.9. The summed E-state index contributed by atoms with van der Waals surface area (Å²) in [7, 11) is 0. The Kier molecular flexibility index (Phi) is 4.59. The first-order valence-electron chi connectivity index (χ1n) is 6.01. The number of nitrogens with one attached hydrogen (secondary N) is 1. The van der Waals surface area contributed by atoms with Gasteiger partial charge in [-0.3, -0.25) is 4.79 Å². The van der Waals surface area contributed by atoms with Gasteiger partial charge in [-0.2, -0.15) is 0 Å². The SMILES string of the molecule is NCC#Cc1ccc(C(=O)Nc2ccc(F)cc2F)nc1. The van der Waals surface area contributed by atoms with Gasteiger partial charge in [0, 0.05) is 17.8 Å². The van der Waals surface area contributed by atoms with Gasteiger partial charge in [-0.25, -0.2) is 13.8 Å². The monoisotopic (exact) mass is 287 g/mol. The normalized spacial score (nSPS) is 9.67. The lowest BCUT2D eigenvalue weighted by Gasteiger charge is -2.05. The van der Waals surface area contributed by atoms with Crippen molar-refractivity contribution in [3.63, 3.8) is 0 Å². The van der Waals surface area contributed by atoms with Crippen LogP contribution in [-0.2, 0) is 0 Å². The largest absolute Gasteiger partial charge is 0.320 e. The van der Waals surface area contributed by atoms with Gasteiger partial charge in [0.25, 0.3) is 5.91 Å². The third-order valence-electron chi connectivity index (χ3n) is 2.51. The van der Waals surface area contributed by atoms with Crippen LogP contribution in [0.5, 0.6) is 0 Å². The highest BCUT2D eigenvalue weighted by Gasteiger charge is 2.11. The quantitative estimate of drug-likeness (QED) is 0.829. The minimum atomic E-state index is -0.853. The molecule has 4 nitrogen and oxygen atoms in total. The number of carbonyl (C=O) groups is 1. The zero-order chi connectivity index (χ0) is 15.2. The number of carbonyl (C=O) groups excluding carboxylic acids is 1. The zero-order valence-corrected chi connectivity index (χ0v) is 10.9. The minimum absolute atomic E-state index is 0.0945. The molecule has 0 aliphatic rings. The van der Waals surface area contributed by atoms with E-state index in [1.54, 1.807) is 6.07 Å². The highest BCUT2D eigenvalue weighted by atomic mass is 19.1. The van der Waals surface area contributed by atoms with E-state index in [0.29, 0.717) is 11.6 Å². The lowest BCUT2D eigenvalue weighted by atomic mass is 10.2. The molecule has 6 heteroatoms. The first-order valence-corrected chi connectivity index (χ1v) is 6.01. The smallest absolute Gasteiger partial charge is 0.274 e. The summed E-state index contributed by atoms with van der Waals surface area (Å²) < 4.78 is 26.2. The Balaban J connectivity index is 2.13. The van der Waals surface area contributed by atoms with Gasteiger partial charge in [0.2, 0.25) is 0 Å². The Hall–Kier alpha value is -2.78. The molecule has 1 amide bonds. The molecule has 0 saturated heterocycles. The molecule has 0 aliphatic heterocycles. The number of rotatable bonds is 2. The number of hydrogen-bond donors (Lipinski definition) is 2. The van der Waals surface area contributed by atoms with E-state index in [-0.39, 0.29) is 17.9 Å². The topological polar surface area (TPSA) is 68.0 Å². The number of hydrogen-bond acceptors (Lipinski definition) is 3. The van der Waals surface area contributed by atoms with Crippen LogP contribution in [0.15, 0.2) is 36.5 Å². The van der Waals surface area contributed by atoms with Gasteiger partial charge in [0.15, 0.2) is 0 Å². The fourth-order valence-electron chi connectivity index (χ4n) is 1.53. The van der Waals surface area contributed by atoms with E-state index in [0.717, 1.165) is 12.1 Å². The second-order valence-electron chi connectivity index (χ2n) is 4.02. The third kappa shape index (κ3) is 3.84. The van der Waals surface area contributed by atoms with Crippen molar-refractivity contribution >= 4 is 11.6 Å². The molecule has 0 unspecified atom stereocenters. The van der Waals surface area contributed by atoms with E-state index >= 15 is 0 Å². The molecule has 21 heavy (non-hydrogen) atoms. The summed E-state index contributed by atoms with van der Waals surface area (Å²) in [6, 6.07) is 5.94. The molecule has 0 aliphatic carbocycles. The van der Waals surface area contributed by atoms with Crippen LogP contribution in [-0.4, -0.2) is 17.4 Å². The predicted molar refractivity (Wildman–Crippen MR) is 74.5 cm³/mol. The van der Waals surface area contributed by atoms with Crippen molar-refractivity contribution in [1.82, 2.24) is 4.98 Å². The van der Waals surface area contributed by atoms with E-state index < -0.39 is 17.5 Å². The van der Waals surface area contributed by atoms with Crippen molar-refractivity contribution in [3.05, 3.63) is 59.4 Å². The van der Waals surface area contributed by atoms with Crippen LogP contribution < -0.4 is 11.1 Å². The van der Waals surface area contributed by atoms with Crippen LogP contribution in [0.3, 0.4) is 0 Å². The van der Waals surface area contributed by atoms with Crippen LogP contribution in [0.25, 0.3) is 0 Å². The summed E-state index contributed by atoms with van der Waals surface area (Å²) in [4.78, 5) is 15.8. The molecule has 0 fully saturated rings. The number of nitrogens with two attached hydrogens (primary N) is 1. The second-order valence-corrected chi connectivity index (χ2v) is 4.02. The Labute approximate surface area is 120 Å². The number of benzene rings is 1. The maximum absolute atomic E-state index is 13.4. The van der Waals surface area contributed by atoms with Crippen LogP contribution >= 0.6 is 0 Å². The van der Waals surface area contributed by atoms with Crippen molar-refractivity contribution in [2.24, 2.45) is 5.73 Å². The van der Waals surface area contributed by atoms with Crippen molar-refractivity contribution < 1.29 is 13.6 Å². The number of pyridine rings is 1. The van der Waals surface area contributed by atoms with Crippen LogP contribution in [0.2, 0.25) is 0 Å². The standard InChI is InChI=1S/C15H11F2N3O/c16-11-4-6-13(12(17)8-11)20-15(21)14-5-3-10(9-19-14)2-1-7-18/h3-6,8-9H,7,18H2,(H,20,21). The summed E-state index contributed by atoms with van der Waals surface area (Å²) >= 11 is 0. The van der Waals surface area contributed by atoms with Gasteiger partial charge in [-0.05, 0) is 24.3 Å². The summed E-state index contributed by atoms with van der Waals surface area (Å²) in [5.74, 6) is 3.26. The second kappa shape index (κ2) is 6.59. The first-order chi connectivity index (χ1) is 10.1. The van der Waals surface area contributed by atoms with Crippen LogP contribution in [0, 0.1) is 23.5 Å². The van der Waals surface area contributed by atoms with Gasteiger partial charge >= 0.3 is 0 Å². The molecule has 0 atom stereocenters. The molecule has 0 bridgehead atoms. The van der Waals surface area contributed by atoms with Crippen molar-refractivity contribution in [2.75, 3.05) is 11.9 Å². The molecular weight excluding hydrogens is 276 g/mol. The average molecular weight is 287 g/mol. The molecule has 0 radical (unpaired) electrons. The summed E-state index contributed by atoms with van der Waals surface area (Å²) in [6.45, 7) is 0.228. The lowest BCUT2D eigenvalue weighted by Crippen LogP contribution is -2.14. The van der Waals surface area contributed by atoms with E-state index in [1.165, 1.54) is 12.3 Å². The molecule has 1 heterocycles. The van der Waals surface area contributed by atoms with Gasteiger partial charge in [-0.15, -0.1) is 0 Å². The van der Waals surface area contributed by atoms with Gasteiger partial charge in [-0.1, -0.05) is 11.8 Å². The van der Waals surface area contributed by atoms with Gasteiger partial charge in [0.1, 0.15) is 17.3 Å². The Morgan fingerprint density at radius 1 is 1.29 bits per heavy atom. The minimum Gasteiger partial charge on any atom is -0.320 e. The molecule has 2 rings (SSSR count). The van der Waals surface area contributed by atoms with Crippen molar-refractivity contribution in [3.8, 4) is 11.8 Å². The number of nitrogens with zero attached hydrogens (tertiary/aromatic N) is 1. The predicted octanol–water partition coefficient (Wildman–Crippen LogP) is 1.92. The summed E-state index contributed by atoms with van der Waals surface area (Å²) in [6.07, 6.45) is 1.42. The Morgan fingerprint density at radius 2 is 2.10 bits per heavy atom. The average Bonchev–Trinajstić information content (AvgIpc) is 2.48. The van der Waals surface area contributed by atoms with E-state index in [4.69, 9.17) is 5.73 Å². The molecule has 106 valence electrons. The molecular formula is C15H11F2N3O. The molecule has 2 aromatic rings. The molecule has 3 N–H and O–H groups in total. The highest BCUT2D eigenvalue weighted by molar-refractivity contribution is 6.02. The van der Waals surface area contributed by atoms with E-state index in [2.05, 4.69) is 22.1 Å². The van der Waals surface area contributed by atoms with Gasteiger partial charge in [0.05, 0.1) is 12.2 Å². The molecule has 1 aromatic carbocycles. The Morgan fingerprint density at radius 3 is 2.71 bits per heavy atom. The fourth-order valence-corrected chi connectivity index (χ4v) is 1.53. The van der Waals surface area contributed by atoms with Crippen molar-refractivity contribution in [1.29, 1.82) is 0 Å². The number of halogens is 2. The summed E-state index contributed by atoms with van der Waals surface area (Å²) in [5.41, 5.74) is 5.84. The number of anilines is 1. The van der Waals surface area contributed by atoms with Crippen LogP contribution in [0.4, 0.5) is 14.5 Å². The number of aromatic nitrogens is 1. The molecule has 0 saturated carbocycles. The number of amides is 1.